The third-order valence-electron chi connectivity index (χ3n) is 4.43. The highest BCUT2D eigenvalue weighted by molar-refractivity contribution is 6.33. The van der Waals surface area contributed by atoms with Crippen LogP contribution in [-0.2, 0) is 0 Å². The summed E-state index contributed by atoms with van der Waals surface area (Å²) >= 11 is 6.10. The van der Waals surface area contributed by atoms with Crippen molar-refractivity contribution in [1.82, 2.24) is 4.90 Å². The fourth-order valence-electron chi connectivity index (χ4n) is 2.97. The second-order valence-corrected chi connectivity index (χ2v) is 6.28. The lowest BCUT2D eigenvalue weighted by molar-refractivity contribution is 0.172. The molecule has 3 nitrogen and oxygen atoms in total. The molecule has 1 fully saturated rings. The first-order chi connectivity index (χ1) is 8.94. The van der Waals surface area contributed by atoms with Crippen LogP contribution in [-0.4, -0.2) is 31.1 Å². The Bertz CT molecular complexity index is 451. The summed E-state index contributed by atoms with van der Waals surface area (Å²) < 4.78 is 0. The molecule has 1 aliphatic rings. The molecule has 0 radical (unpaired) electrons. The van der Waals surface area contributed by atoms with Crippen molar-refractivity contribution in [2.45, 2.75) is 38.1 Å². The van der Waals surface area contributed by atoms with Crippen LogP contribution >= 0.6 is 11.6 Å². The molecule has 1 aromatic carbocycles. The van der Waals surface area contributed by atoms with Crippen molar-refractivity contribution in [1.29, 1.82) is 0 Å². The lowest BCUT2D eigenvalue weighted by atomic mass is 9.95. The molecule has 1 aliphatic carbocycles. The summed E-state index contributed by atoms with van der Waals surface area (Å²) in [7, 11) is 4.35. The van der Waals surface area contributed by atoms with Crippen molar-refractivity contribution in [3.63, 3.8) is 0 Å². The van der Waals surface area contributed by atoms with Crippen LogP contribution in [0.15, 0.2) is 12.1 Å². The summed E-state index contributed by atoms with van der Waals surface area (Å²) in [5.74, 6) is 0. The van der Waals surface area contributed by atoms with Crippen LogP contribution < -0.4 is 11.1 Å². The number of rotatable bonds is 4. The van der Waals surface area contributed by atoms with Crippen molar-refractivity contribution in [3.05, 3.63) is 22.7 Å². The van der Waals surface area contributed by atoms with Gasteiger partial charge in [0, 0.05) is 17.8 Å². The van der Waals surface area contributed by atoms with E-state index in [4.69, 9.17) is 17.3 Å². The maximum Gasteiger partial charge on any atom is 0.0656 e. The second-order valence-electron chi connectivity index (χ2n) is 5.87. The van der Waals surface area contributed by atoms with Crippen LogP contribution in [0.3, 0.4) is 0 Å². The molecule has 106 valence electrons. The topological polar surface area (TPSA) is 41.3 Å². The molecule has 2 rings (SSSR count). The van der Waals surface area contributed by atoms with Gasteiger partial charge in [0.2, 0.25) is 0 Å². The molecule has 3 N–H and O–H groups in total. The van der Waals surface area contributed by atoms with E-state index in [2.05, 4.69) is 31.2 Å². The summed E-state index contributed by atoms with van der Waals surface area (Å²) in [5.41, 5.74) is 8.98. The van der Waals surface area contributed by atoms with Gasteiger partial charge < -0.3 is 16.0 Å². The van der Waals surface area contributed by atoms with Crippen molar-refractivity contribution in [2.24, 2.45) is 0 Å². The number of hydrogen-bond acceptors (Lipinski definition) is 3. The largest absolute Gasteiger partial charge is 0.398 e. The number of nitrogens with two attached hydrogens (primary N) is 1. The third-order valence-corrected chi connectivity index (χ3v) is 4.76. The number of likely N-dealkylation sites (N-methyl/N-ethyl adjacent to an activating group) is 1. The fraction of sp³-hybridized carbons (Fsp3) is 0.600. The highest BCUT2D eigenvalue weighted by Gasteiger charge is 2.35. The van der Waals surface area contributed by atoms with Crippen molar-refractivity contribution in [3.8, 4) is 0 Å². The van der Waals surface area contributed by atoms with Crippen molar-refractivity contribution >= 4 is 23.0 Å². The highest BCUT2D eigenvalue weighted by atomic mass is 35.5. The summed E-state index contributed by atoms with van der Waals surface area (Å²) in [5, 5.41) is 4.19. The first-order valence-corrected chi connectivity index (χ1v) is 7.29. The average Bonchev–Trinajstić information content (AvgIpc) is 2.82. The summed E-state index contributed by atoms with van der Waals surface area (Å²) in [6, 6.07) is 3.87. The first kappa shape index (κ1) is 14.5. The van der Waals surface area contributed by atoms with Gasteiger partial charge in [0.1, 0.15) is 0 Å². The van der Waals surface area contributed by atoms with Gasteiger partial charge in [-0.05, 0) is 51.6 Å². The Balaban J connectivity index is 2.11. The number of nitrogens with one attached hydrogen (secondary N) is 1. The second kappa shape index (κ2) is 5.59. The number of halogens is 1. The van der Waals surface area contributed by atoms with Gasteiger partial charge in [-0.1, -0.05) is 24.4 Å². The Morgan fingerprint density at radius 1 is 1.32 bits per heavy atom. The first-order valence-electron chi connectivity index (χ1n) is 6.91. The van der Waals surface area contributed by atoms with E-state index in [9.17, 15) is 0 Å². The Hall–Kier alpha value is -0.930. The molecular weight excluding hydrogens is 258 g/mol. The number of nitrogen functional groups attached to an aromatic ring is 1. The summed E-state index contributed by atoms with van der Waals surface area (Å²) in [6.45, 7) is 3.02. The van der Waals surface area contributed by atoms with Crippen LogP contribution in [0.25, 0.3) is 0 Å². The molecule has 0 aliphatic heterocycles. The molecule has 1 aromatic rings. The van der Waals surface area contributed by atoms with E-state index in [1.807, 2.05) is 12.1 Å². The Morgan fingerprint density at radius 3 is 2.53 bits per heavy atom. The normalized spacial score (nSPS) is 17.9. The van der Waals surface area contributed by atoms with Crippen LogP contribution in [0.4, 0.5) is 11.4 Å². The minimum absolute atomic E-state index is 0.278. The summed E-state index contributed by atoms with van der Waals surface area (Å²) in [6.07, 6.45) is 5.16. The highest BCUT2D eigenvalue weighted by Crippen LogP contribution is 2.35. The fourth-order valence-corrected chi connectivity index (χ4v) is 3.13. The smallest absolute Gasteiger partial charge is 0.0656 e. The van der Waals surface area contributed by atoms with Crippen LogP contribution in [0, 0.1) is 6.92 Å². The van der Waals surface area contributed by atoms with E-state index in [0.29, 0.717) is 10.7 Å². The number of benzene rings is 1. The van der Waals surface area contributed by atoms with Gasteiger partial charge in [-0.3, -0.25) is 0 Å². The Morgan fingerprint density at radius 2 is 1.95 bits per heavy atom. The molecule has 1 saturated carbocycles. The van der Waals surface area contributed by atoms with Gasteiger partial charge >= 0.3 is 0 Å². The van der Waals surface area contributed by atoms with E-state index in [0.717, 1.165) is 17.8 Å². The Kier molecular flexibility index (Phi) is 4.26. The van der Waals surface area contributed by atoms with Gasteiger partial charge in [0.25, 0.3) is 0 Å². The molecule has 19 heavy (non-hydrogen) atoms. The predicted octanol–water partition coefficient (Wildman–Crippen LogP) is 3.52. The van der Waals surface area contributed by atoms with Gasteiger partial charge in [-0.15, -0.1) is 0 Å². The maximum absolute atomic E-state index is 6.10. The number of anilines is 2. The molecule has 0 heterocycles. The zero-order valence-electron chi connectivity index (χ0n) is 12.1. The molecule has 0 unspecified atom stereocenters. The molecule has 0 amide bonds. The molecule has 0 bridgehead atoms. The molecule has 0 atom stereocenters. The predicted molar refractivity (Wildman–Crippen MR) is 84.0 cm³/mol. The zero-order chi connectivity index (χ0) is 14.0. The minimum Gasteiger partial charge on any atom is -0.398 e. The van der Waals surface area contributed by atoms with Gasteiger partial charge in [0.15, 0.2) is 0 Å². The van der Waals surface area contributed by atoms with E-state index in [1.54, 1.807) is 0 Å². The van der Waals surface area contributed by atoms with Crippen LogP contribution in [0.1, 0.15) is 31.2 Å². The quantitative estimate of drug-likeness (QED) is 0.830. The van der Waals surface area contributed by atoms with E-state index in [-0.39, 0.29) is 5.54 Å². The molecule has 0 spiro atoms. The maximum atomic E-state index is 6.10. The lowest BCUT2D eigenvalue weighted by Crippen LogP contribution is -2.47. The van der Waals surface area contributed by atoms with Crippen LogP contribution in [0.2, 0.25) is 5.02 Å². The molecule has 0 saturated heterocycles. The van der Waals surface area contributed by atoms with E-state index < -0.39 is 0 Å². The van der Waals surface area contributed by atoms with Crippen molar-refractivity contribution in [2.75, 3.05) is 31.7 Å². The minimum atomic E-state index is 0.278. The Labute approximate surface area is 121 Å². The van der Waals surface area contributed by atoms with E-state index in [1.165, 1.54) is 25.7 Å². The number of hydrogen-bond donors (Lipinski definition) is 2. The monoisotopic (exact) mass is 281 g/mol. The van der Waals surface area contributed by atoms with Crippen molar-refractivity contribution < 1.29 is 0 Å². The van der Waals surface area contributed by atoms with Gasteiger partial charge in [0.05, 0.1) is 10.7 Å². The van der Waals surface area contributed by atoms with Gasteiger partial charge in [-0.25, -0.2) is 0 Å². The van der Waals surface area contributed by atoms with Gasteiger partial charge in [-0.2, -0.15) is 0 Å². The molecule has 0 aromatic heterocycles. The standard InChI is InChI=1S/C15H24ClN3/c1-11-8-13(17)12(16)9-14(11)18-10-15(19(2)3)6-4-5-7-15/h8-9,18H,4-7,10,17H2,1-3H3. The SMILES string of the molecule is Cc1cc(N)c(Cl)cc1NCC1(N(C)C)CCCC1. The zero-order valence-corrected chi connectivity index (χ0v) is 12.8. The van der Waals surface area contributed by atoms with E-state index >= 15 is 0 Å². The number of aryl methyl sites for hydroxylation is 1. The summed E-state index contributed by atoms with van der Waals surface area (Å²) in [4.78, 5) is 2.36. The molecule has 4 heteroatoms. The third kappa shape index (κ3) is 2.98. The average molecular weight is 282 g/mol. The molecular formula is C15H24ClN3. The van der Waals surface area contributed by atoms with Crippen LogP contribution in [0.5, 0.6) is 0 Å². The number of nitrogens with zero attached hydrogens (tertiary/aromatic N) is 1. The lowest BCUT2D eigenvalue weighted by Gasteiger charge is -2.37.